The minimum Gasteiger partial charge on any atom is -0.315 e. The zero-order valence-corrected chi connectivity index (χ0v) is 11.0. The van der Waals surface area contributed by atoms with Crippen molar-refractivity contribution in [2.24, 2.45) is 5.92 Å². The Kier molecular flexibility index (Phi) is 3.56. The molecule has 1 N–H and O–H groups in total. The fraction of sp³-hybridized carbons (Fsp3) is 1.00. The highest BCUT2D eigenvalue weighted by Gasteiger charge is 2.35. The molecule has 3 unspecified atom stereocenters. The van der Waals surface area contributed by atoms with Crippen LogP contribution < -0.4 is 5.32 Å². The summed E-state index contributed by atoms with van der Waals surface area (Å²) in [6, 6.07) is 0.686. The molecule has 2 saturated heterocycles. The van der Waals surface area contributed by atoms with Crippen LogP contribution in [0.5, 0.6) is 0 Å². The average Bonchev–Trinajstić information content (AvgIpc) is 2.18. The van der Waals surface area contributed by atoms with Gasteiger partial charge < -0.3 is 5.32 Å². The maximum absolute atomic E-state index is 11.5. The Balaban J connectivity index is 2.04. The average molecular weight is 246 g/mol. The molecule has 0 spiro atoms. The summed E-state index contributed by atoms with van der Waals surface area (Å²) >= 11 is 0. The van der Waals surface area contributed by atoms with E-state index in [1.54, 1.807) is 0 Å². The lowest BCUT2D eigenvalue weighted by Crippen LogP contribution is -2.58. The highest BCUT2D eigenvalue weighted by Crippen LogP contribution is 2.23. The summed E-state index contributed by atoms with van der Waals surface area (Å²) < 4.78 is 23.1. The number of nitrogens with one attached hydrogen (secondary N) is 1. The van der Waals surface area contributed by atoms with Crippen molar-refractivity contribution >= 4 is 9.84 Å². The number of piperidine rings is 1. The summed E-state index contributed by atoms with van der Waals surface area (Å²) in [4.78, 5) is 2.39. The second-order valence-electron chi connectivity index (χ2n) is 5.24. The Morgan fingerprint density at radius 2 is 2.06 bits per heavy atom. The van der Waals surface area contributed by atoms with Crippen molar-refractivity contribution in [1.82, 2.24) is 10.2 Å². The third-order valence-electron chi connectivity index (χ3n) is 3.93. The molecule has 3 atom stereocenters. The van der Waals surface area contributed by atoms with Gasteiger partial charge in [0.25, 0.3) is 0 Å². The Bertz CT molecular complexity index is 342. The van der Waals surface area contributed by atoms with Gasteiger partial charge in [0.15, 0.2) is 9.84 Å². The second-order valence-corrected chi connectivity index (χ2v) is 7.47. The van der Waals surface area contributed by atoms with E-state index in [0.29, 0.717) is 30.0 Å². The fourth-order valence-corrected chi connectivity index (χ4v) is 4.50. The van der Waals surface area contributed by atoms with Crippen molar-refractivity contribution in [1.29, 1.82) is 0 Å². The summed E-state index contributed by atoms with van der Waals surface area (Å²) in [5.41, 5.74) is 0. The quantitative estimate of drug-likeness (QED) is 0.713. The van der Waals surface area contributed by atoms with Crippen molar-refractivity contribution in [3.8, 4) is 0 Å². The van der Waals surface area contributed by atoms with Crippen molar-refractivity contribution in [2.75, 3.05) is 31.1 Å². The van der Waals surface area contributed by atoms with E-state index in [9.17, 15) is 8.42 Å². The molecule has 4 nitrogen and oxygen atoms in total. The summed E-state index contributed by atoms with van der Waals surface area (Å²) in [6.07, 6.45) is 1.20. The first kappa shape index (κ1) is 12.3. The number of hydrogen-bond acceptors (Lipinski definition) is 4. The summed E-state index contributed by atoms with van der Waals surface area (Å²) in [5.74, 6) is 1.33. The molecule has 0 radical (unpaired) electrons. The van der Waals surface area contributed by atoms with Crippen molar-refractivity contribution in [3.05, 3.63) is 0 Å². The number of sulfone groups is 1. The maximum Gasteiger partial charge on any atom is 0.153 e. The summed E-state index contributed by atoms with van der Waals surface area (Å²) in [7, 11) is -2.78. The summed E-state index contributed by atoms with van der Waals surface area (Å²) in [6.45, 7) is 7.13. The normalized spacial score (nSPS) is 40.8. The largest absolute Gasteiger partial charge is 0.315 e. The molecule has 16 heavy (non-hydrogen) atoms. The van der Waals surface area contributed by atoms with Gasteiger partial charge in [-0.15, -0.1) is 0 Å². The van der Waals surface area contributed by atoms with E-state index in [4.69, 9.17) is 0 Å². The van der Waals surface area contributed by atoms with Crippen molar-refractivity contribution in [2.45, 2.75) is 32.4 Å². The fourth-order valence-electron chi connectivity index (χ4n) is 2.92. The van der Waals surface area contributed by atoms with Gasteiger partial charge in [-0.25, -0.2) is 8.42 Å². The van der Waals surface area contributed by atoms with Gasteiger partial charge in [-0.2, -0.15) is 0 Å². The zero-order valence-electron chi connectivity index (χ0n) is 10.1. The van der Waals surface area contributed by atoms with Gasteiger partial charge in [-0.3, -0.25) is 4.90 Å². The minimum absolute atomic E-state index is 0.172. The number of hydrogen-bond donors (Lipinski definition) is 1. The van der Waals surface area contributed by atoms with E-state index >= 15 is 0 Å². The van der Waals surface area contributed by atoms with E-state index in [-0.39, 0.29) is 6.04 Å². The van der Waals surface area contributed by atoms with E-state index in [1.165, 1.54) is 6.42 Å². The van der Waals surface area contributed by atoms with Gasteiger partial charge in [0, 0.05) is 25.2 Å². The van der Waals surface area contributed by atoms with Crippen LogP contribution in [0.1, 0.15) is 20.3 Å². The van der Waals surface area contributed by atoms with Gasteiger partial charge in [0.2, 0.25) is 0 Å². The van der Waals surface area contributed by atoms with E-state index in [0.717, 1.165) is 13.1 Å². The molecule has 2 fully saturated rings. The smallest absolute Gasteiger partial charge is 0.153 e. The van der Waals surface area contributed by atoms with Crippen LogP contribution in [-0.2, 0) is 9.84 Å². The third-order valence-corrected chi connectivity index (χ3v) is 5.73. The molecule has 2 aliphatic heterocycles. The Hall–Kier alpha value is -0.130. The topological polar surface area (TPSA) is 49.4 Å². The molecule has 2 rings (SSSR count). The first-order valence-corrected chi connectivity index (χ1v) is 7.98. The SMILES string of the molecule is CC1CCNCC1N1CCS(=O)(=O)CC1C. The summed E-state index contributed by atoms with van der Waals surface area (Å²) in [5, 5.41) is 3.41. The minimum atomic E-state index is -2.78. The van der Waals surface area contributed by atoms with Gasteiger partial charge >= 0.3 is 0 Å². The van der Waals surface area contributed by atoms with Crippen LogP contribution in [0.2, 0.25) is 0 Å². The van der Waals surface area contributed by atoms with Crippen LogP contribution in [-0.4, -0.2) is 56.5 Å². The zero-order chi connectivity index (χ0) is 11.8. The molecule has 2 heterocycles. The van der Waals surface area contributed by atoms with Crippen molar-refractivity contribution in [3.63, 3.8) is 0 Å². The number of nitrogens with zero attached hydrogens (tertiary/aromatic N) is 1. The third kappa shape index (κ3) is 2.57. The molecule has 0 aromatic heterocycles. The predicted molar refractivity (Wildman–Crippen MR) is 65.3 cm³/mol. The Morgan fingerprint density at radius 1 is 1.31 bits per heavy atom. The molecular weight excluding hydrogens is 224 g/mol. The lowest BCUT2D eigenvalue weighted by molar-refractivity contribution is 0.0953. The van der Waals surface area contributed by atoms with E-state index in [1.807, 2.05) is 6.92 Å². The molecule has 0 bridgehead atoms. The van der Waals surface area contributed by atoms with Gasteiger partial charge in [-0.1, -0.05) is 6.92 Å². The first-order valence-electron chi connectivity index (χ1n) is 6.16. The Labute approximate surface area is 98.3 Å². The highest BCUT2D eigenvalue weighted by molar-refractivity contribution is 7.91. The van der Waals surface area contributed by atoms with Crippen molar-refractivity contribution < 1.29 is 8.42 Å². The molecule has 0 saturated carbocycles. The first-order chi connectivity index (χ1) is 7.49. The predicted octanol–water partition coefficient (Wildman–Crippen LogP) is 0.103. The van der Waals surface area contributed by atoms with Crippen LogP contribution in [0.15, 0.2) is 0 Å². The van der Waals surface area contributed by atoms with E-state index in [2.05, 4.69) is 17.1 Å². The van der Waals surface area contributed by atoms with Gasteiger partial charge in [0.05, 0.1) is 11.5 Å². The monoisotopic (exact) mass is 246 g/mol. The molecule has 0 aromatic carbocycles. The molecule has 0 aliphatic carbocycles. The lowest BCUT2D eigenvalue weighted by Gasteiger charge is -2.44. The van der Waals surface area contributed by atoms with Crippen LogP contribution in [0, 0.1) is 5.92 Å². The van der Waals surface area contributed by atoms with Crippen LogP contribution in [0.3, 0.4) is 0 Å². The van der Waals surface area contributed by atoms with Gasteiger partial charge in [0.1, 0.15) is 0 Å². The molecule has 5 heteroatoms. The van der Waals surface area contributed by atoms with Gasteiger partial charge in [-0.05, 0) is 25.8 Å². The van der Waals surface area contributed by atoms with Crippen LogP contribution >= 0.6 is 0 Å². The Morgan fingerprint density at radius 3 is 2.69 bits per heavy atom. The molecule has 94 valence electrons. The number of rotatable bonds is 1. The maximum atomic E-state index is 11.5. The highest BCUT2D eigenvalue weighted by atomic mass is 32.2. The van der Waals surface area contributed by atoms with Crippen LogP contribution in [0.25, 0.3) is 0 Å². The van der Waals surface area contributed by atoms with E-state index < -0.39 is 9.84 Å². The standard InChI is InChI=1S/C11H22N2O2S/c1-9-3-4-12-7-11(9)13-5-6-16(14,15)8-10(13)2/h9-12H,3-8H2,1-2H3. The molecule has 2 aliphatic rings. The second kappa shape index (κ2) is 4.63. The lowest BCUT2D eigenvalue weighted by atomic mass is 9.92. The molecule has 0 amide bonds. The van der Waals surface area contributed by atoms with Crippen LogP contribution in [0.4, 0.5) is 0 Å². The molecular formula is C11H22N2O2S. The molecule has 0 aromatic rings.